The van der Waals surface area contributed by atoms with E-state index in [1.165, 1.54) is 18.2 Å². The van der Waals surface area contributed by atoms with Crippen molar-refractivity contribution in [3.8, 4) is 5.75 Å². The zero-order chi connectivity index (χ0) is 17.5. The third kappa shape index (κ3) is 3.13. The molecule has 0 fully saturated rings. The normalized spacial score (nSPS) is 11.7. The number of halogens is 3. The Labute approximate surface area is 136 Å². The van der Waals surface area contributed by atoms with E-state index in [9.17, 15) is 18.0 Å². The molecule has 3 rings (SSSR count). The molecule has 0 radical (unpaired) electrons. The van der Waals surface area contributed by atoms with Gasteiger partial charge < -0.3 is 9.72 Å². The first-order valence-electron chi connectivity index (χ1n) is 7.24. The number of ether oxygens (including phenoxy) is 1. The number of benzene rings is 2. The number of alkyl halides is 3. The zero-order valence-electron chi connectivity index (χ0n) is 13.0. The van der Waals surface area contributed by atoms with Crippen molar-refractivity contribution in [2.45, 2.75) is 20.2 Å². The highest BCUT2D eigenvalue weighted by Gasteiger charge is 2.31. The Morgan fingerprint density at radius 1 is 1.04 bits per heavy atom. The predicted octanol–water partition coefficient (Wildman–Crippen LogP) is 4.91. The molecule has 1 N–H and O–H groups in total. The van der Waals surface area contributed by atoms with Gasteiger partial charge in [-0.25, -0.2) is 0 Å². The minimum atomic E-state index is -4.78. The Morgan fingerprint density at radius 2 is 1.71 bits per heavy atom. The number of H-pyrrole nitrogens is 1. The van der Waals surface area contributed by atoms with Crippen molar-refractivity contribution >= 4 is 16.7 Å². The number of rotatable bonds is 3. The molecule has 0 aliphatic heterocycles. The maximum atomic E-state index is 12.8. The summed E-state index contributed by atoms with van der Waals surface area (Å²) in [4.78, 5) is 15.8. The second-order valence-corrected chi connectivity index (χ2v) is 5.58. The van der Waals surface area contributed by atoms with Crippen molar-refractivity contribution in [1.29, 1.82) is 0 Å². The van der Waals surface area contributed by atoms with Gasteiger partial charge in [-0.05, 0) is 32.0 Å². The number of fused-ring (bicyclic) bond motifs is 1. The van der Waals surface area contributed by atoms with E-state index in [1.54, 1.807) is 19.1 Å². The average Bonchev–Trinajstić information content (AvgIpc) is 2.81. The summed E-state index contributed by atoms with van der Waals surface area (Å²) in [5, 5.41) is 0.403. The van der Waals surface area contributed by atoms with Crippen LogP contribution < -0.4 is 4.74 Å². The lowest BCUT2D eigenvalue weighted by Crippen LogP contribution is -2.17. The van der Waals surface area contributed by atoms with E-state index >= 15 is 0 Å². The molecule has 0 amide bonds. The first-order valence-corrected chi connectivity index (χ1v) is 7.24. The van der Waals surface area contributed by atoms with Crippen molar-refractivity contribution in [2.75, 3.05) is 0 Å². The molecule has 0 atom stereocenters. The van der Waals surface area contributed by atoms with Crippen LogP contribution >= 0.6 is 0 Å². The molecule has 0 saturated carbocycles. The number of carbonyl (C=O) groups excluding carboxylic acids is 1. The molecule has 0 aliphatic carbocycles. The van der Waals surface area contributed by atoms with E-state index < -0.39 is 6.36 Å². The van der Waals surface area contributed by atoms with Gasteiger partial charge in [-0.3, -0.25) is 4.79 Å². The Hall–Kier alpha value is -2.76. The molecule has 6 heteroatoms. The number of aromatic amines is 1. The Kier molecular flexibility index (Phi) is 3.83. The van der Waals surface area contributed by atoms with Gasteiger partial charge in [-0.1, -0.05) is 29.8 Å². The van der Waals surface area contributed by atoms with Crippen LogP contribution in [0.1, 0.15) is 27.2 Å². The monoisotopic (exact) mass is 333 g/mol. The average molecular weight is 333 g/mol. The molecule has 1 aromatic heterocycles. The number of aryl methyl sites for hydroxylation is 2. The minimum absolute atomic E-state index is 0.247. The molecule has 3 nitrogen and oxygen atoms in total. The lowest BCUT2D eigenvalue weighted by molar-refractivity contribution is -0.274. The summed E-state index contributed by atoms with van der Waals surface area (Å²) in [5.74, 6) is -0.602. The smallest absolute Gasteiger partial charge is 0.406 e. The highest BCUT2D eigenvalue weighted by molar-refractivity contribution is 6.17. The molecule has 2 aromatic carbocycles. The van der Waals surface area contributed by atoms with Crippen LogP contribution in [-0.4, -0.2) is 17.1 Å². The lowest BCUT2D eigenvalue weighted by Gasteiger charge is -2.09. The molecule has 0 aliphatic rings. The van der Waals surface area contributed by atoms with E-state index in [0.717, 1.165) is 5.56 Å². The summed E-state index contributed by atoms with van der Waals surface area (Å²) < 4.78 is 41.2. The van der Waals surface area contributed by atoms with Gasteiger partial charge in [0.1, 0.15) is 5.75 Å². The van der Waals surface area contributed by atoms with E-state index in [0.29, 0.717) is 27.7 Å². The summed E-state index contributed by atoms with van der Waals surface area (Å²) in [6, 6.07) is 10.9. The van der Waals surface area contributed by atoms with Crippen molar-refractivity contribution in [1.82, 2.24) is 4.98 Å². The van der Waals surface area contributed by atoms with Gasteiger partial charge >= 0.3 is 6.36 Å². The molecule has 1 heterocycles. The van der Waals surface area contributed by atoms with E-state index in [1.807, 2.05) is 19.1 Å². The third-order valence-electron chi connectivity index (χ3n) is 3.73. The van der Waals surface area contributed by atoms with Crippen LogP contribution in [0.25, 0.3) is 10.9 Å². The SMILES string of the molecule is Cc1ccc(C(=O)c2c(C)[nH]c3ccc(OC(F)(F)F)cc23)cc1. The van der Waals surface area contributed by atoms with Crippen molar-refractivity contribution in [3.05, 3.63) is 64.8 Å². The molecule has 0 saturated heterocycles. The highest BCUT2D eigenvalue weighted by atomic mass is 19.4. The molecule has 0 unspecified atom stereocenters. The van der Waals surface area contributed by atoms with Crippen molar-refractivity contribution < 1.29 is 22.7 Å². The van der Waals surface area contributed by atoms with Gasteiger partial charge in [-0.2, -0.15) is 0 Å². The van der Waals surface area contributed by atoms with Crippen LogP contribution in [-0.2, 0) is 0 Å². The second kappa shape index (κ2) is 5.70. The summed E-state index contributed by atoms with van der Waals surface area (Å²) >= 11 is 0. The molecule has 0 spiro atoms. The molecule has 124 valence electrons. The number of carbonyl (C=O) groups is 1. The van der Waals surface area contributed by atoms with E-state index in [2.05, 4.69) is 9.72 Å². The lowest BCUT2D eigenvalue weighted by atomic mass is 9.99. The number of ketones is 1. The summed E-state index contributed by atoms with van der Waals surface area (Å²) in [7, 11) is 0. The van der Waals surface area contributed by atoms with Gasteiger partial charge in [0.2, 0.25) is 0 Å². The number of hydrogen-bond acceptors (Lipinski definition) is 2. The van der Waals surface area contributed by atoms with Crippen molar-refractivity contribution in [3.63, 3.8) is 0 Å². The van der Waals surface area contributed by atoms with Gasteiger partial charge in [-0.15, -0.1) is 13.2 Å². The topological polar surface area (TPSA) is 42.1 Å². The minimum Gasteiger partial charge on any atom is -0.406 e. The number of nitrogens with one attached hydrogen (secondary N) is 1. The first kappa shape index (κ1) is 16.1. The van der Waals surface area contributed by atoms with E-state index in [4.69, 9.17) is 0 Å². The first-order chi connectivity index (χ1) is 11.2. The van der Waals surface area contributed by atoms with Gasteiger partial charge in [0.05, 0.1) is 5.56 Å². The summed E-state index contributed by atoms with van der Waals surface area (Å²) in [5.41, 5.74) is 3.02. The zero-order valence-corrected chi connectivity index (χ0v) is 13.0. The molecule has 3 aromatic rings. The summed E-state index contributed by atoms with van der Waals surface area (Å²) in [6.45, 7) is 3.62. The fraction of sp³-hybridized carbons (Fsp3) is 0.167. The van der Waals surface area contributed by atoms with Gasteiger partial charge in [0, 0.05) is 22.2 Å². The molecule has 24 heavy (non-hydrogen) atoms. The fourth-order valence-electron chi connectivity index (χ4n) is 2.64. The Bertz CT molecular complexity index is 908. The second-order valence-electron chi connectivity index (χ2n) is 5.58. The fourth-order valence-corrected chi connectivity index (χ4v) is 2.64. The van der Waals surface area contributed by atoms with Crippen molar-refractivity contribution in [2.24, 2.45) is 0 Å². The standard InChI is InChI=1S/C18H14F3NO2/c1-10-3-5-12(6-4-10)17(23)16-11(2)22-15-8-7-13(9-14(15)16)24-18(19,20)21/h3-9,22H,1-2H3. The van der Waals surface area contributed by atoms with Crippen LogP contribution in [0.3, 0.4) is 0 Å². The van der Waals surface area contributed by atoms with Crippen LogP contribution in [0.2, 0.25) is 0 Å². The Balaban J connectivity index is 2.09. The largest absolute Gasteiger partial charge is 0.573 e. The summed E-state index contributed by atoms with van der Waals surface area (Å²) in [6.07, 6.45) is -4.78. The highest BCUT2D eigenvalue weighted by Crippen LogP contribution is 2.31. The van der Waals surface area contributed by atoms with Crippen LogP contribution in [0.5, 0.6) is 5.75 Å². The number of aromatic nitrogens is 1. The van der Waals surface area contributed by atoms with Crippen LogP contribution in [0, 0.1) is 13.8 Å². The molecular weight excluding hydrogens is 319 g/mol. The third-order valence-corrected chi connectivity index (χ3v) is 3.73. The Morgan fingerprint density at radius 3 is 2.33 bits per heavy atom. The van der Waals surface area contributed by atoms with Crippen LogP contribution in [0.15, 0.2) is 42.5 Å². The quantitative estimate of drug-likeness (QED) is 0.692. The maximum Gasteiger partial charge on any atom is 0.573 e. The maximum absolute atomic E-state index is 12.8. The predicted molar refractivity (Wildman–Crippen MR) is 84.3 cm³/mol. The van der Waals surface area contributed by atoms with Gasteiger partial charge in [0.15, 0.2) is 5.78 Å². The van der Waals surface area contributed by atoms with Gasteiger partial charge in [0.25, 0.3) is 0 Å². The molecule has 0 bridgehead atoms. The van der Waals surface area contributed by atoms with Crippen LogP contribution in [0.4, 0.5) is 13.2 Å². The van der Waals surface area contributed by atoms with E-state index in [-0.39, 0.29) is 11.5 Å². The number of hydrogen-bond donors (Lipinski definition) is 1. The molecular formula is C18H14F3NO2.